The molecule has 1 aliphatic carbocycles. The molecule has 60 heavy (non-hydrogen) atoms. The van der Waals surface area contributed by atoms with Crippen molar-refractivity contribution < 1.29 is 4.42 Å². The van der Waals surface area contributed by atoms with E-state index in [0.29, 0.717) is 0 Å². The Labute approximate surface area is 347 Å². The van der Waals surface area contributed by atoms with E-state index in [0.717, 1.165) is 28.0 Å². The summed E-state index contributed by atoms with van der Waals surface area (Å²) in [7, 11) is 0. The molecule has 0 saturated heterocycles. The third-order valence-corrected chi connectivity index (χ3v) is 13.1. The van der Waals surface area contributed by atoms with Gasteiger partial charge in [-0.05, 0) is 104 Å². The number of anilines is 3. The fraction of sp³-hybridized carbons (Fsp3) is 0.0175. The molecule has 1 atom stereocenters. The molecule has 1 spiro atoms. The first-order valence-electron chi connectivity index (χ1n) is 20.7. The van der Waals surface area contributed by atoms with Crippen LogP contribution in [0.2, 0.25) is 0 Å². The third kappa shape index (κ3) is 4.44. The molecule has 0 N–H and O–H groups in total. The number of aromatic nitrogens is 1. The van der Waals surface area contributed by atoms with Crippen molar-refractivity contribution in [2.75, 3.05) is 4.90 Å². The number of hydrogen-bond acceptors (Lipinski definition) is 2. The molecule has 0 radical (unpaired) electrons. The van der Waals surface area contributed by atoms with Gasteiger partial charge in [0.25, 0.3) is 0 Å². The molecular formula is C57H36N2O. The minimum Gasteiger partial charge on any atom is -0.462 e. The zero-order chi connectivity index (χ0) is 39.4. The van der Waals surface area contributed by atoms with Crippen molar-refractivity contribution in [3.8, 4) is 39.1 Å². The highest BCUT2D eigenvalue weighted by Gasteiger charge is 2.51. The van der Waals surface area contributed by atoms with Gasteiger partial charge in [-0.3, -0.25) is 0 Å². The smallest absolute Gasteiger partial charge is 0.157 e. The van der Waals surface area contributed by atoms with E-state index in [1.54, 1.807) is 6.26 Å². The van der Waals surface area contributed by atoms with Crippen LogP contribution in [0, 0.1) is 0 Å². The van der Waals surface area contributed by atoms with Crippen LogP contribution in [0.3, 0.4) is 0 Å². The van der Waals surface area contributed by atoms with Crippen LogP contribution in [0.1, 0.15) is 22.3 Å². The molecule has 3 heterocycles. The normalized spacial score (nSPS) is 14.7. The van der Waals surface area contributed by atoms with Crippen molar-refractivity contribution in [2.24, 2.45) is 0 Å². The summed E-state index contributed by atoms with van der Waals surface area (Å²) in [5.41, 5.74) is 19.6. The number of benzene rings is 9. The summed E-state index contributed by atoms with van der Waals surface area (Å²) in [5.74, 6) is 0. The SMILES string of the molecule is c1ccc(-c2ccccc2-c2ccc(N(c3ccc4c(c3)C3(c5ccccc5-4)c4ccccc4-n4c5ccccc5c5cccc3c54)c3cccc4ccoc34)cc2)cc1. The van der Waals surface area contributed by atoms with Crippen molar-refractivity contribution in [1.29, 1.82) is 0 Å². The van der Waals surface area contributed by atoms with Gasteiger partial charge in [0.05, 0.1) is 34.1 Å². The fourth-order valence-electron chi connectivity index (χ4n) is 10.7. The van der Waals surface area contributed by atoms with Crippen LogP contribution in [-0.2, 0) is 5.41 Å². The van der Waals surface area contributed by atoms with Crippen LogP contribution < -0.4 is 4.90 Å². The molecule has 0 saturated carbocycles. The highest BCUT2D eigenvalue weighted by Crippen LogP contribution is 2.61. The number of hydrogen-bond donors (Lipinski definition) is 0. The topological polar surface area (TPSA) is 21.3 Å². The van der Waals surface area contributed by atoms with Gasteiger partial charge < -0.3 is 13.9 Å². The van der Waals surface area contributed by atoms with E-state index in [2.05, 4.69) is 216 Å². The van der Waals surface area contributed by atoms with Gasteiger partial charge in [-0.2, -0.15) is 0 Å². The van der Waals surface area contributed by atoms with E-state index in [1.165, 1.54) is 83.1 Å². The lowest BCUT2D eigenvalue weighted by molar-refractivity contribution is 0.616. The first-order chi connectivity index (χ1) is 29.8. The summed E-state index contributed by atoms with van der Waals surface area (Å²) in [5, 5.41) is 3.62. The average molecular weight is 765 g/mol. The lowest BCUT2D eigenvalue weighted by Gasteiger charge is -2.40. The number of nitrogens with zero attached hydrogens (tertiary/aromatic N) is 2. The Bertz CT molecular complexity index is 3500. The number of rotatable bonds is 5. The number of fused-ring (bicyclic) bond motifs is 13. The highest BCUT2D eigenvalue weighted by atomic mass is 16.3. The van der Waals surface area contributed by atoms with Crippen LogP contribution in [-0.4, -0.2) is 4.57 Å². The molecule has 0 amide bonds. The van der Waals surface area contributed by atoms with Crippen molar-refractivity contribution >= 4 is 49.8 Å². The lowest BCUT2D eigenvalue weighted by Crippen LogP contribution is -2.33. The molecule has 2 aromatic heterocycles. The number of furan rings is 1. The van der Waals surface area contributed by atoms with Gasteiger partial charge in [-0.25, -0.2) is 0 Å². The molecular weight excluding hydrogens is 729 g/mol. The van der Waals surface area contributed by atoms with E-state index in [1.807, 2.05) is 6.07 Å². The van der Waals surface area contributed by atoms with E-state index < -0.39 is 5.41 Å². The quantitative estimate of drug-likeness (QED) is 0.174. The maximum atomic E-state index is 6.29. The molecule has 3 nitrogen and oxygen atoms in total. The molecule has 0 bridgehead atoms. The van der Waals surface area contributed by atoms with Crippen LogP contribution in [0.4, 0.5) is 17.1 Å². The van der Waals surface area contributed by atoms with E-state index in [4.69, 9.17) is 4.42 Å². The van der Waals surface area contributed by atoms with Gasteiger partial charge >= 0.3 is 0 Å². The molecule has 11 aromatic rings. The molecule has 13 rings (SSSR count). The maximum absolute atomic E-state index is 6.29. The predicted molar refractivity (Wildman–Crippen MR) is 247 cm³/mol. The Balaban J connectivity index is 1.06. The average Bonchev–Trinajstić information content (AvgIpc) is 4.02. The summed E-state index contributed by atoms with van der Waals surface area (Å²) < 4.78 is 8.80. The van der Waals surface area contributed by atoms with Crippen LogP contribution >= 0.6 is 0 Å². The van der Waals surface area contributed by atoms with Crippen molar-refractivity contribution in [2.45, 2.75) is 5.41 Å². The summed E-state index contributed by atoms with van der Waals surface area (Å²) in [6, 6.07) is 77.9. The fourth-order valence-corrected chi connectivity index (χ4v) is 10.7. The molecule has 2 aliphatic rings. The summed E-state index contributed by atoms with van der Waals surface area (Å²) in [6.07, 6.45) is 1.79. The Morgan fingerprint density at radius 1 is 0.417 bits per heavy atom. The molecule has 0 fully saturated rings. The zero-order valence-electron chi connectivity index (χ0n) is 32.6. The second-order valence-corrected chi connectivity index (χ2v) is 16.0. The zero-order valence-corrected chi connectivity index (χ0v) is 32.6. The van der Waals surface area contributed by atoms with Crippen molar-refractivity contribution in [1.82, 2.24) is 4.57 Å². The molecule has 9 aromatic carbocycles. The van der Waals surface area contributed by atoms with Crippen LogP contribution in [0.5, 0.6) is 0 Å². The largest absolute Gasteiger partial charge is 0.462 e. The molecule has 280 valence electrons. The minimum atomic E-state index is -0.560. The van der Waals surface area contributed by atoms with Gasteiger partial charge in [-0.15, -0.1) is 0 Å². The molecule has 3 heteroatoms. The Kier molecular flexibility index (Phi) is 6.93. The molecule has 1 aliphatic heterocycles. The Hall–Kier alpha value is -7.88. The third-order valence-electron chi connectivity index (χ3n) is 13.1. The van der Waals surface area contributed by atoms with E-state index >= 15 is 0 Å². The Morgan fingerprint density at radius 2 is 1.05 bits per heavy atom. The maximum Gasteiger partial charge on any atom is 0.157 e. The van der Waals surface area contributed by atoms with Crippen molar-refractivity contribution in [3.63, 3.8) is 0 Å². The first kappa shape index (κ1) is 33.1. The van der Waals surface area contributed by atoms with E-state index in [9.17, 15) is 0 Å². The monoisotopic (exact) mass is 764 g/mol. The lowest BCUT2D eigenvalue weighted by atomic mass is 9.65. The molecule has 1 unspecified atom stereocenters. The summed E-state index contributed by atoms with van der Waals surface area (Å²) >= 11 is 0. The first-order valence-corrected chi connectivity index (χ1v) is 20.7. The van der Waals surface area contributed by atoms with Gasteiger partial charge in [0, 0.05) is 27.5 Å². The predicted octanol–water partition coefficient (Wildman–Crippen LogP) is 15.0. The van der Waals surface area contributed by atoms with Crippen LogP contribution in [0.15, 0.2) is 223 Å². The van der Waals surface area contributed by atoms with E-state index in [-0.39, 0.29) is 0 Å². The second kappa shape index (κ2) is 12.6. The number of para-hydroxylation sites is 4. The summed E-state index contributed by atoms with van der Waals surface area (Å²) in [6.45, 7) is 0. The van der Waals surface area contributed by atoms with Gasteiger partial charge in [-0.1, -0.05) is 164 Å². The van der Waals surface area contributed by atoms with Crippen LogP contribution in [0.25, 0.3) is 71.8 Å². The minimum absolute atomic E-state index is 0.560. The van der Waals surface area contributed by atoms with Gasteiger partial charge in [0.1, 0.15) is 0 Å². The van der Waals surface area contributed by atoms with Crippen molar-refractivity contribution in [3.05, 3.63) is 241 Å². The summed E-state index contributed by atoms with van der Waals surface area (Å²) in [4.78, 5) is 2.38. The second-order valence-electron chi connectivity index (χ2n) is 16.0. The van der Waals surface area contributed by atoms with Gasteiger partial charge in [0.15, 0.2) is 5.58 Å². The highest BCUT2D eigenvalue weighted by molar-refractivity contribution is 6.13. The van der Waals surface area contributed by atoms with Gasteiger partial charge in [0.2, 0.25) is 0 Å². The standard InChI is InChI=1S/C57H36N2O/c1-2-14-37(15-3-1)42-17-4-5-18-43(42)38-28-30-40(31-29-38)58(54-27-12-16-39-34-35-60-56(39)54)41-32-33-45-44-19-6-8-22-48(44)57(51(45)36-41)49-23-9-11-26-53(49)59-52-25-10-7-20-46(52)47-21-13-24-50(57)55(47)59/h1-36H. The Morgan fingerprint density at radius 3 is 1.90 bits per heavy atom.